The molecule has 20 heavy (non-hydrogen) atoms. The molecule has 1 saturated heterocycles. The summed E-state index contributed by atoms with van der Waals surface area (Å²) in [7, 11) is 1.60. The second-order valence-electron chi connectivity index (χ2n) is 5.18. The fourth-order valence-electron chi connectivity index (χ4n) is 2.59. The number of carbonyl (C=O) groups is 1. The first-order valence-corrected chi connectivity index (χ1v) is 6.67. The second-order valence-corrected chi connectivity index (χ2v) is 5.58. The van der Waals surface area contributed by atoms with E-state index in [1.165, 1.54) is 6.07 Å². The van der Waals surface area contributed by atoms with Crippen molar-refractivity contribution in [3.05, 3.63) is 33.3 Å². The van der Waals surface area contributed by atoms with Crippen LogP contribution < -0.4 is 10.2 Å². The molecule has 1 unspecified atom stereocenters. The number of anilines is 1. The number of nitrogens with one attached hydrogen (secondary N) is 1. The van der Waals surface area contributed by atoms with Gasteiger partial charge in [0.15, 0.2) is 0 Å². The molecule has 2 rings (SSSR count). The number of rotatable bonds is 3. The van der Waals surface area contributed by atoms with Gasteiger partial charge in [0.2, 0.25) is 5.91 Å². The first-order chi connectivity index (χ1) is 9.39. The number of hydrogen-bond acceptors (Lipinski definition) is 4. The van der Waals surface area contributed by atoms with Gasteiger partial charge in [-0.3, -0.25) is 14.9 Å². The first-order valence-electron chi connectivity index (χ1n) is 6.29. The summed E-state index contributed by atoms with van der Waals surface area (Å²) in [6.45, 7) is 2.89. The van der Waals surface area contributed by atoms with Gasteiger partial charge < -0.3 is 10.2 Å². The van der Waals surface area contributed by atoms with E-state index in [0.29, 0.717) is 25.2 Å². The number of amides is 1. The second kappa shape index (κ2) is 5.28. The topological polar surface area (TPSA) is 75.5 Å². The SMILES string of the molecule is CNC(=O)C1(C)CCN(c2cccc(Cl)c2[N+](=O)[O-])C1. The maximum Gasteiger partial charge on any atom is 0.310 e. The molecule has 1 heterocycles. The normalized spacial score (nSPS) is 21.9. The van der Waals surface area contributed by atoms with E-state index in [9.17, 15) is 14.9 Å². The molecule has 0 aromatic heterocycles. The van der Waals surface area contributed by atoms with Gasteiger partial charge in [-0.25, -0.2) is 0 Å². The molecular formula is C13H16ClN3O3. The standard InChI is InChI=1S/C13H16ClN3O3/c1-13(12(18)15-2)6-7-16(8-13)10-5-3-4-9(14)11(10)17(19)20/h3-5H,6-8H2,1-2H3,(H,15,18). The molecule has 0 radical (unpaired) electrons. The van der Waals surface area contributed by atoms with Crippen molar-refractivity contribution in [2.75, 3.05) is 25.0 Å². The zero-order valence-corrected chi connectivity index (χ0v) is 12.1. The molecule has 0 aliphatic carbocycles. The van der Waals surface area contributed by atoms with E-state index in [1.54, 1.807) is 19.2 Å². The van der Waals surface area contributed by atoms with Gasteiger partial charge in [0.05, 0.1) is 10.3 Å². The molecule has 1 fully saturated rings. The van der Waals surface area contributed by atoms with Crippen LogP contribution >= 0.6 is 11.6 Å². The Labute approximate surface area is 121 Å². The van der Waals surface area contributed by atoms with Crippen molar-refractivity contribution in [3.8, 4) is 0 Å². The quantitative estimate of drug-likeness (QED) is 0.685. The van der Waals surface area contributed by atoms with Crippen LogP contribution in [0.15, 0.2) is 18.2 Å². The highest BCUT2D eigenvalue weighted by Gasteiger charge is 2.41. The van der Waals surface area contributed by atoms with E-state index >= 15 is 0 Å². The Kier molecular flexibility index (Phi) is 3.85. The van der Waals surface area contributed by atoms with E-state index in [4.69, 9.17) is 11.6 Å². The molecule has 6 nitrogen and oxygen atoms in total. The third kappa shape index (κ3) is 2.43. The Balaban J connectivity index is 2.34. The number of benzene rings is 1. The van der Waals surface area contributed by atoms with Crippen molar-refractivity contribution in [3.63, 3.8) is 0 Å². The van der Waals surface area contributed by atoms with E-state index in [2.05, 4.69) is 5.32 Å². The lowest BCUT2D eigenvalue weighted by Crippen LogP contribution is -2.39. The average molecular weight is 298 g/mol. The number of para-hydroxylation sites is 1. The smallest absolute Gasteiger partial charge is 0.310 e. The third-order valence-corrected chi connectivity index (χ3v) is 4.04. The van der Waals surface area contributed by atoms with E-state index < -0.39 is 10.3 Å². The van der Waals surface area contributed by atoms with Crippen LogP contribution in [-0.2, 0) is 4.79 Å². The van der Waals surface area contributed by atoms with Crippen molar-refractivity contribution < 1.29 is 9.72 Å². The number of nitrogens with zero attached hydrogens (tertiary/aromatic N) is 2. The van der Waals surface area contributed by atoms with Crippen LogP contribution in [0, 0.1) is 15.5 Å². The molecule has 1 aliphatic heterocycles. The largest absolute Gasteiger partial charge is 0.365 e. The first kappa shape index (κ1) is 14.6. The summed E-state index contributed by atoms with van der Waals surface area (Å²) < 4.78 is 0. The number of carbonyl (C=O) groups excluding carboxylic acids is 1. The van der Waals surface area contributed by atoms with Crippen molar-refractivity contribution in [2.45, 2.75) is 13.3 Å². The van der Waals surface area contributed by atoms with Crippen molar-refractivity contribution in [2.24, 2.45) is 5.41 Å². The predicted molar refractivity (Wildman–Crippen MR) is 77.1 cm³/mol. The Bertz CT molecular complexity index is 564. The molecular weight excluding hydrogens is 282 g/mol. The number of nitro benzene ring substituents is 1. The third-order valence-electron chi connectivity index (χ3n) is 3.74. The number of hydrogen-bond donors (Lipinski definition) is 1. The Hall–Kier alpha value is -1.82. The van der Waals surface area contributed by atoms with Crippen LogP contribution in [0.3, 0.4) is 0 Å². The Morgan fingerprint density at radius 2 is 2.25 bits per heavy atom. The van der Waals surface area contributed by atoms with Gasteiger partial charge in [0, 0.05) is 20.1 Å². The summed E-state index contributed by atoms with van der Waals surface area (Å²) in [6, 6.07) is 4.84. The van der Waals surface area contributed by atoms with Gasteiger partial charge in [0.25, 0.3) is 0 Å². The van der Waals surface area contributed by atoms with Crippen molar-refractivity contribution in [1.82, 2.24) is 5.32 Å². The average Bonchev–Trinajstić information content (AvgIpc) is 2.81. The molecule has 0 spiro atoms. The molecule has 1 N–H and O–H groups in total. The fraction of sp³-hybridized carbons (Fsp3) is 0.462. The van der Waals surface area contributed by atoms with Gasteiger partial charge in [-0.2, -0.15) is 0 Å². The summed E-state index contributed by atoms with van der Waals surface area (Å²) in [4.78, 5) is 24.4. The predicted octanol–water partition coefficient (Wildman–Crippen LogP) is 2.21. The minimum Gasteiger partial charge on any atom is -0.365 e. The highest BCUT2D eigenvalue weighted by atomic mass is 35.5. The molecule has 1 aromatic rings. The van der Waals surface area contributed by atoms with E-state index in [0.717, 1.165) is 0 Å². The summed E-state index contributed by atoms with van der Waals surface area (Å²) in [5.74, 6) is -0.0512. The lowest BCUT2D eigenvalue weighted by atomic mass is 9.89. The van der Waals surface area contributed by atoms with Crippen LogP contribution in [0.1, 0.15) is 13.3 Å². The van der Waals surface area contributed by atoms with E-state index in [-0.39, 0.29) is 16.6 Å². The summed E-state index contributed by atoms with van der Waals surface area (Å²) in [6.07, 6.45) is 0.649. The Morgan fingerprint density at radius 1 is 1.55 bits per heavy atom. The van der Waals surface area contributed by atoms with Gasteiger partial charge in [-0.05, 0) is 25.5 Å². The minimum absolute atomic E-state index is 0.0512. The lowest BCUT2D eigenvalue weighted by molar-refractivity contribution is -0.384. The molecule has 7 heteroatoms. The van der Waals surface area contributed by atoms with Gasteiger partial charge in [0.1, 0.15) is 10.7 Å². The van der Waals surface area contributed by atoms with E-state index in [1.807, 2.05) is 11.8 Å². The molecule has 0 saturated carbocycles. The number of nitro groups is 1. The van der Waals surface area contributed by atoms with Gasteiger partial charge in [-0.1, -0.05) is 17.7 Å². The van der Waals surface area contributed by atoms with Crippen LogP contribution in [0.5, 0.6) is 0 Å². The van der Waals surface area contributed by atoms with Crippen molar-refractivity contribution in [1.29, 1.82) is 0 Å². The highest BCUT2D eigenvalue weighted by Crippen LogP contribution is 2.40. The van der Waals surface area contributed by atoms with Gasteiger partial charge in [-0.15, -0.1) is 0 Å². The molecule has 1 atom stereocenters. The maximum absolute atomic E-state index is 11.9. The molecule has 1 amide bonds. The molecule has 108 valence electrons. The zero-order valence-electron chi connectivity index (χ0n) is 11.4. The molecule has 0 bridgehead atoms. The highest BCUT2D eigenvalue weighted by molar-refractivity contribution is 6.33. The van der Waals surface area contributed by atoms with Crippen LogP contribution in [-0.4, -0.2) is 31.0 Å². The van der Waals surface area contributed by atoms with Crippen LogP contribution in [0.25, 0.3) is 0 Å². The summed E-state index contributed by atoms with van der Waals surface area (Å²) in [5, 5.41) is 13.9. The molecule has 1 aliphatic rings. The maximum atomic E-state index is 11.9. The van der Waals surface area contributed by atoms with Crippen molar-refractivity contribution >= 4 is 28.9 Å². The lowest BCUT2D eigenvalue weighted by Gasteiger charge is -2.23. The Morgan fingerprint density at radius 3 is 2.85 bits per heavy atom. The monoisotopic (exact) mass is 297 g/mol. The summed E-state index contributed by atoms with van der Waals surface area (Å²) in [5.41, 5.74) is -0.171. The van der Waals surface area contributed by atoms with Gasteiger partial charge >= 0.3 is 5.69 Å². The molecule has 1 aromatic carbocycles. The summed E-state index contributed by atoms with van der Waals surface area (Å²) >= 11 is 5.92. The number of halogens is 1. The zero-order chi connectivity index (χ0) is 14.9. The van der Waals surface area contributed by atoms with Crippen LogP contribution in [0.4, 0.5) is 11.4 Å². The fourth-order valence-corrected chi connectivity index (χ4v) is 2.83. The minimum atomic E-state index is -0.537. The van der Waals surface area contributed by atoms with Crippen LogP contribution in [0.2, 0.25) is 5.02 Å².